The highest BCUT2D eigenvalue weighted by Crippen LogP contribution is 2.30. The molecule has 0 aliphatic carbocycles. The normalized spacial score (nSPS) is 11.4. The number of carboxylic acids is 1. The average Bonchev–Trinajstić information content (AvgIpc) is 2.70. The zero-order valence-corrected chi connectivity index (χ0v) is 18.1. The number of rotatable bonds is 11. The molecular formula is C20H27N3O6S. The molecule has 0 aliphatic heterocycles. The molecule has 9 nitrogen and oxygen atoms in total. The van der Waals surface area contributed by atoms with Crippen LogP contribution in [0.5, 0.6) is 5.75 Å². The minimum absolute atomic E-state index is 0.0768. The fraction of sp³-hybridized carbons (Fsp3) is 0.450. The van der Waals surface area contributed by atoms with E-state index in [-0.39, 0.29) is 29.2 Å². The van der Waals surface area contributed by atoms with E-state index in [1.54, 1.807) is 0 Å². The molecule has 10 heteroatoms. The molecule has 0 spiro atoms. The quantitative estimate of drug-likeness (QED) is 0.489. The first-order valence-electron chi connectivity index (χ1n) is 9.84. The van der Waals surface area contributed by atoms with E-state index in [0.29, 0.717) is 42.0 Å². The molecule has 3 N–H and O–H groups in total. The number of hydrogen-bond donors (Lipinski definition) is 3. The summed E-state index contributed by atoms with van der Waals surface area (Å²) in [5.74, 6) is -0.481. The number of nitrogens with one attached hydrogen (secondary N) is 2. The molecule has 30 heavy (non-hydrogen) atoms. The Bertz CT molecular complexity index is 1060. The van der Waals surface area contributed by atoms with Gasteiger partial charge in [-0.15, -0.1) is 0 Å². The Hall–Kier alpha value is -2.72. The molecule has 0 aliphatic rings. The Morgan fingerprint density at radius 1 is 1.23 bits per heavy atom. The van der Waals surface area contributed by atoms with Crippen LogP contribution in [-0.2, 0) is 27.7 Å². The van der Waals surface area contributed by atoms with E-state index in [2.05, 4.69) is 14.7 Å². The van der Waals surface area contributed by atoms with Crippen LogP contribution in [0, 0.1) is 0 Å². The van der Waals surface area contributed by atoms with Gasteiger partial charge in [0, 0.05) is 12.1 Å². The maximum Gasteiger partial charge on any atom is 0.304 e. The van der Waals surface area contributed by atoms with E-state index >= 15 is 0 Å². The van der Waals surface area contributed by atoms with Crippen LogP contribution in [0.15, 0.2) is 27.9 Å². The Labute approximate surface area is 175 Å². The van der Waals surface area contributed by atoms with Crippen LogP contribution in [0.1, 0.15) is 44.9 Å². The summed E-state index contributed by atoms with van der Waals surface area (Å²) in [7, 11) is -3.95. The van der Waals surface area contributed by atoms with Gasteiger partial charge in [0.15, 0.2) is 0 Å². The molecule has 0 bridgehead atoms. The third-order valence-electron chi connectivity index (χ3n) is 4.40. The number of nitrogens with zero attached hydrogens (tertiary/aromatic N) is 1. The number of carboxylic acid groups (broad SMARTS) is 1. The summed E-state index contributed by atoms with van der Waals surface area (Å²) < 4.78 is 33.1. The molecule has 1 aromatic carbocycles. The van der Waals surface area contributed by atoms with Gasteiger partial charge in [-0.1, -0.05) is 20.8 Å². The summed E-state index contributed by atoms with van der Waals surface area (Å²) in [5.41, 5.74) is 1.31. The molecule has 2 rings (SSSR count). The number of aryl methyl sites for hydroxylation is 1. The molecule has 1 aromatic heterocycles. The van der Waals surface area contributed by atoms with Gasteiger partial charge < -0.3 is 14.8 Å². The lowest BCUT2D eigenvalue weighted by atomic mass is 10.1. The smallest absolute Gasteiger partial charge is 0.304 e. The van der Waals surface area contributed by atoms with Gasteiger partial charge in [0.1, 0.15) is 11.6 Å². The van der Waals surface area contributed by atoms with Crippen LogP contribution in [0.25, 0.3) is 11.4 Å². The molecule has 0 amide bonds. The fourth-order valence-electron chi connectivity index (χ4n) is 2.90. The summed E-state index contributed by atoms with van der Waals surface area (Å²) in [6.45, 7) is 5.88. The van der Waals surface area contributed by atoms with E-state index in [4.69, 9.17) is 9.84 Å². The van der Waals surface area contributed by atoms with Crippen molar-refractivity contribution in [3.05, 3.63) is 39.8 Å². The predicted octanol–water partition coefficient (Wildman–Crippen LogP) is 2.10. The lowest BCUT2D eigenvalue weighted by molar-refractivity contribution is -0.136. The SMILES string of the molecule is CCCOc1ccc(S(=O)(=O)NCCC(=O)O)cc1-c1nc(CC)c(CC)c(=O)[nH]1. The molecule has 0 unspecified atom stereocenters. The molecule has 1 heterocycles. The Balaban J connectivity index is 2.56. The topological polar surface area (TPSA) is 138 Å². The number of benzene rings is 1. The number of aliphatic carboxylic acids is 1. The summed E-state index contributed by atoms with van der Waals surface area (Å²) in [6, 6.07) is 4.25. The Morgan fingerprint density at radius 3 is 2.57 bits per heavy atom. The number of ether oxygens (including phenoxy) is 1. The second kappa shape index (κ2) is 10.4. The molecule has 164 valence electrons. The van der Waals surface area contributed by atoms with Crippen LogP contribution >= 0.6 is 0 Å². The van der Waals surface area contributed by atoms with E-state index in [0.717, 1.165) is 6.42 Å². The van der Waals surface area contributed by atoms with E-state index in [9.17, 15) is 18.0 Å². The molecule has 0 saturated carbocycles. The molecule has 0 atom stereocenters. The summed E-state index contributed by atoms with van der Waals surface area (Å²) in [5, 5.41) is 8.72. The van der Waals surface area contributed by atoms with Crippen molar-refractivity contribution in [2.45, 2.75) is 51.3 Å². The first kappa shape index (κ1) is 23.6. The highest BCUT2D eigenvalue weighted by Gasteiger charge is 2.20. The third-order valence-corrected chi connectivity index (χ3v) is 5.86. The third kappa shape index (κ3) is 5.67. The zero-order chi connectivity index (χ0) is 22.3. The molecule has 0 fully saturated rings. The van der Waals surface area contributed by atoms with Crippen LogP contribution in [0.2, 0.25) is 0 Å². The summed E-state index contributed by atoms with van der Waals surface area (Å²) in [4.78, 5) is 30.4. The highest BCUT2D eigenvalue weighted by atomic mass is 32.2. The number of sulfonamides is 1. The molecule has 0 radical (unpaired) electrons. The Morgan fingerprint density at radius 2 is 1.97 bits per heavy atom. The van der Waals surface area contributed by atoms with Crippen LogP contribution in [0.4, 0.5) is 0 Å². The first-order valence-corrected chi connectivity index (χ1v) is 11.3. The van der Waals surface area contributed by atoms with Gasteiger partial charge in [0.2, 0.25) is 10.0 Å². The second-order valence-corrected chi connectivity index (χ2v) is 8.36. The number of aromatic nitrogens is 2. The van der Waals surface area contributed by atoms with Gasteiger partial charge in [0.25, 0.3) is 5.56 Å². The Kier molecular flexibility index (Phi) is 8.13. The predicted molar refractivity (Wildman–Crippen MR) is 112 cm³/mol. The van der Waals surface area contributed by atoms with Crippen molar-refractivity contribution >= 4 is 16.0 Å². The van der Waals surface area contributed by atoms with Gasteiger partial charge >= 0.3 is 5.97 Å². The van der Waals surface area contributed by atoms with E-state index < -0.39 is 16.0 Å². The number of hydrogen-bond acceptors (Lipinski definition) is 6. The summed E-state index contributed by atoms with van der Waals surface area (Å²) >= 11 is 0. The van der Waals surface area contributed by atoms with E-state index in [1.165, 1.54) is 18.2 Å². The van der Waals surface area contributed by atoms with Gasteiger partial charge in [-0.25, -0.2) is 18.1 Å². The van der Waals surface area contributed by atoms with Crippen molar-refractivity contribution in [3.63, 3.8) is 0 Å². The van der Waals surface area contributed by atoms with Crippen LogP contribution in [0.3, 0.4) is 0 Å². The first-order chi connectivity index (χ1) is 14.2. The fourth-order valence-corrected chi connectivity index (χ4v) is 3.96. The number of H-pyrrole nitrogens is 1. The highest BCUT2D eigenvalue weighted by molar-refractivity contribution is 7.89. The minimum atomic E-state index is -3.95. The standard InChI is InChI=1S/C20H27N3O6S/c1-4-11-29-17-8-7-13(30(27,28)21-10-9-18(24)25)12-15(17)19-22-16(6-3)14(5-2)20(26)23-19/h7-8,12,21H,4-6,9-11H2,1-3H3,(H,24,25)(H,22,23,26). The average molecular weight is 438 g/mol. The van der Waals surface area contributed by atoms with Crippen molar-refractivity contribution in [1.29, 1.82) is 0 Å². The van der Waals surface area contributed by atoms with Crippen LogP contribution in [-0.4, -0.2) is 42.6 Å². The van der Waals surface area contributed by atoms with Gasteiger partial charge in [-0.05, 0) is 37.5 Å². The molecule has 0 saturated heterocycles. The van der Waals surface area contributed by atoms with Crippen molar-refractivity contribution < 1.29 is 23.1 Å². The zero-order valence-electron chi connectivity index (χ0n) is 17.3. The summed E-state index contributed by atoms with van der Waals surface area (Å²) in [6.07, 6.45) is 1.50. The maximum atomic E-state index is 12.6. The molecular weight excluding hydrogens is 410 g/mol. The van der Waals surface area contributed by atoms with E-state index in [1.807, 2.05) is 20.8 Å². The largest absolute Gasteiger partial charge is 0.493 e. The number of carbonyl (C=O) groups is 1. The van der Waals surface area contributed by atoms with Crippen molar-refractivity contribution in [3.8, 4) is 17.1 Å². The van der Waals surface area contributed by atoms with Gasteiger partial charge in [-0.3, -0.25) is 9.59 Å². The lowest BCUT2D eigenvalue weighted by Gasteiger charge is -2.14. The van der Waals surface area contributed by atoms with Crippen molar-refractivity contribution in [2.75, 3.05) is 13.2 Å². The lowest BCUT2D eigenvalue weighted by Crippen LogP contribution is -2.26. The number of aromatic amines is 1. The van der Waals surface area contributed by atoms with Gasteiger partial charge in [0.05, 0.1) is 29.2 Å². The van der Waals surface area contributed by atoms with Crippen molar-refractivity contribution in [1.82, 2.24) is 14.7 Å². The minimum Gasteiger partial charge on any atom is -0.493 e. The van der Waals surface area contributed by atoms with Crippen LogP contribution < -0.4 is 15.0 Å². The van der Waals surface area contributed by atoms with Crippen molar-refractivity contribution in [2.24, 2.45) is 0 Å². The second-order valence-electron chi connectivity index (χ2n) is 6.59. The maximum absolute atomic E-state index is 12.6. The molecule has 2 aromatic rings. The monoisotopic (exact) mass is 437 g/mol. The van der Waals surface area contributed by atoms with Gasteiger partial charge in [-0.2, -0.15) is 0 Å².